The van der Waals surface area contributed by atoms with Gasteiger partial charge in [-0.25, -0.2) is 0 Å². The first-order chi connectivity index (χ1) is 9.82. The van der Waals surface area contributed by atoms with Gasteiger partial charge >= 0.3 is 0 Å². The number of rotatable bonds is 3. The molecule has 1 atom stereocenters. The summed E-state index contributed by atoms with van der Waals surface area (Å²) < 4.78 is 0. The Hall–Kier alpha value is 0.720. The summed E-state index contributed by atoms with van der Waals surface area (Å²) in [7, 11) is 2.51. The third kappa shape index (κ3) is 3.98. The Morgan fingerprint density at radius 2 is 0.714 bits per heavy atom. The van der Waals surface area contributed by atoms with E-state index in [4.69, 9.17) is 0 Å². The maximum Gasteiger partial charge on any atom is 0.0815 e. The van der Waals surface area contributed by atoms with E-state index >= 15 is 0 Å². The topological polar surface area (TPSA) is 0 Å². The van der Waals surface area contributed by atoms with Crippen LogP contribution in [0, 0.1) is 17.8 Å². The van der Waals surface area contributed by atoms with E-state index in [0.29, 0.717) is 0 Å². The van der Waals surface area contributed by atoms with Crippen LogP contribution in [0.1, 0.15) is 96.3 Å². The molecular weight excluding hydrogens is 295 g/mol. The molecular formula is C19H36ClP. The van der Waals surface area contributed by atoms with E-state index in [9.17, 15) is 0 Å². The average Bonchev–Trinajstić information content (AvgIpc) is 2.56. The molecule has 0 bridgehead atoms. The lowest BCUT2D eigenvalue weighted by molar-refractivity contribution is -0.00000419. The molecule has 3 aliphatic rings. The summed E-state index contributed by atoms with van der Waals surface area (Å²) in [5, 5.41) is 0.737. The highest BCUT2D eigenvalue weighted by atomic mass is 35.5. The molecule has 21 heavy (non-hydrogen) atoms. The number of halogens is 1. The Labute approximate surface area is 141 Å². The zero-order chi connectivity index (χ0) is 13.8. The van der Waals surface area contributed by atoms with Gasteiger partial charge in [0.15, 0.2) is 0 Å². The molecule has 0 N–H and O–H groups in total. The molecule has 0 amide bonds. The van der Waals surface area contributed by atoms with Crippen LogP contribution >= 0.6 is 9.24 Å². The lowest BCUT2D eigenvalue weighted by Gasteiger charge is -2.49. The highest BCUT2D eigenvalue weighted by Gasteiger charge is 2.51. The van der Waals surface area contributed by atoms with Crippen LogP contribution in [-0.2, 0) is 0 Å². The summed E-state index contributed by atoms with van der Waals surface area (Å²) in [6, 6.07) is 0. The van der Waals surface area contributed by atoms with Crippen LogP contribution in [0.25, 0.3) is 0 Å². The molecule has 0 aromatic heterocycles. The van der Waals surface area contributed by atoms with Gasteiger partial charge in [-0.1, -0.05) is 57.8 Å². The standard InChI is InChI=1S/C19H35P.ClH/c20-19(16-10-4-1-5-11-16,17-12-6-2-7-13-17)18-14-8-3-9-15-18;/h16-18H,1-15,20H2;1H. The molecule has 1 unspecified atom stereocenters. The first kappa shape index (κ1) is 18.1. The van der Waals surface area contributed by atoms with Crippen molar-refractivity contribution in [2.75, 3.05) is 0 Å². The first-order valence-electron chi connectivity index (χ1n) is 9.67. The van der Waals surface area contributed by atoms with Gasteiger partial charge in [0.05, 0.1) is 5.16 Å². The van der Waals surface area contributed by atoms with Crippen molar-refractivity contribution in [1.29, 1.82) is 0 Å². The fraction of sp³-hybridized carbons (Fsp3) is 1.00. The van der Waals surface area contributed by atoms with Crippen LogP contribution in [0.3, 0.4) is 0 Å². The van der Waals surface area contributed by atoms with Crippen LogP contribution in [0.15, 0.2) is 0 Å². The maximum atomic E-state index is 2.51. The molecule has 3 saturated carbocycles. The van der Waals surface area contributed by atoms with Gasteiger partial charge in [0.25, 0.3) is 0 Å². The Kier molecular flexibility index (Phi) is 7.34. The predicted molar refractivity (Wildman–Crippen MR) is 93.6 cm³/mol. The summed E-state index contributed by atoms with van der Waals surface area (Å²) >= 11 is 0. The summed E-state index contributed by atoms with van der Waals surface area (Å²) in [6.45, 7) is 0. The molecule has 0 aromatic rings. The van der Waals surface area contributed by atoms with Gasteiger partial charge in [-0.15, -0.1) is 0 Å². The van der Waals surface area contributed by atoms with Crippen LogP contribution in [0.2, 0.25) is 0 Å². The average molecular weight is 331 g/mol. The van der Waals surface area contributed by atoms with Gasteiger partial charge in [0, 0.05) is 0 Å². The lowest BCUT2D eigenvalue weighted by Crippen LogP contribution is -3.00. The minimum atomic E-state index is 0. The molecule has 3 aliphatic carbocycles. The zero-order valence-corrected chi connectivity index (χ0v) is 16.1. The molecule has 3 rings (SSSR count). The van der Waals surface area contributed by atoms with Crippen molar-refractivity contribution in [3.05, 3.63) is 0 Å². The third-order valence-electron chi connectivity index (χ3n) is 7.10. The molecule has 0 aromatic carbocycles. The fourth-order valence-corrected chi connectivity index (χ4v) is 7.14. The Morgan fingerprint density at radius 1 is 0.476 bits per heavy atom. The largest absolute Gasteiger partial charge is 1.00 e. The van der Waals surface area contributed by atoms with Crippen molar-refractivity contribution in [2.45, 2.75) is 101 Å². The van der Waals surface area contributed by atoms with Gasteiger partial charge in [0.2, 0.25) is 0 Å². The molecule has 0 aliphatic heterocycles. The normalized spacial score (nSPS) is 27.4. The predicted octanol–water partition coefficient (Wildman–Crippen LogP) is 3.08. The van der Waals surface area contributed by atoms with E-state index in [1.54, 1.807) is 38.5 Å². The number of hydrogen-bond acceptors (Lipinski definition) is 0. The lowest BCUT2D eigenvalue weighted by atomic mass is 9.61. The number of hydrogen-bond donors (Lipinski definition) is 0. The third-order valence-corrected chi connectivity index (χ3v) is 8.83. The Morgan fingerprint density at radius 3 is 0.952 bits per heavy atom. The molecule has 0 spiro atoms. The summed E-state index contributed by atoms with van der Waals surface area (Å²) in [5.41, 5.74) is 0. The maximum absolute atomic E-state index is 2.51. The molecule has 0 saturated heterocycles. The van der Waals surface area contributed by atoms with Gasteiger partial charge in [-0.05, 0) is 65.5 Å². The monoisotopic (exact) mass is 330 g/mol. The van der Waals surface area contributed by atoms with E-state index < -0.39 is 0 Å². The van der Waals surface area contributed by atoms with E-state index in [1.165, 1.54) is 57.8 Å². The van der Waals surface area contributed by atoms with Gasteiger partial charge in [0.1, 0.15) is 0 Å². The van der Waals surface area contributed by atoms with Gasteiger partial charge < -0.3 is 12.4 Å². The Bertz CT molecular complexity index is 240. The fourth-order valence-electron chi connectivity index (χ4n) is 5.92. The highest BCUT2D eigenvalue weighted by molar-refractivity contribution is 7.19. The van der Waals surface area contributed by atoms with Crippen molar-refractivity contribution in [1.82, 2.24) is 0 Å². The van der Waals surface area contributed by atoms with Crippen LogP contribution in [-0.4, -0.2) is 5.16 Å². The van der Waals surface area contributed by atoms with Crippen molar-refractivity contribution in [3.63, 3.8) is 0 Å². The minimum absolute atomic E-state index is 0. The summed E-state index contributed by atoms with van der Waals surface area (Å²) in [6.07, 6.45) is 23.1. The second kappa shape index (κ2) is 8.54. The van der Waals surface area contributed by atoms with Crippen molar-refractivity contribution < 1.29 is 12.4 Å². The van der Waals surface area contributed by atoms with E-state index in [0.717, 1.165) is 22.9 Å². The van der Waals surface area contributed by atoms with Gasteiger partial charge in [-0.2, -0.15) is 0 Å². The van der Waals surface area contributed by atoms with Crippen LogP contribution in [0.5, 0.6) is 0 Å². The molecule has 0 nitrogen and oxygen atoms in total. The zero-order valence-electron chi connectivity index (χ0n) is 13.9. The Balaban J connectivity index is 0.00000161. The highest BCUT2D eigenvalue weighted by Crippen LogP contribution is 2.55. The van der Waals surface area contributed by atoms with Crippen molar-refractivity contribution >= 4 is 9.24 Å². The molecule has 0 radical (unpaired) electrons. The second-order valence-corrected chi connectivity index (χ2v) is 9.34. The van der Waals surface area contributed by atoms with Crippen LogP contribution in [0.4, 0.5) is 0 Å². The minimum Gasteiger partial charge on any atom is -1.00 e. The van der Waals surface area contributed by atoms with Gasteiger partial charge in [-0.3, -0.25) is 0 Å². The van der Waals surface area contributed by atoms with E-state index in [1.807, 2.05) is 0 Å². The second-order valence-electron chi connectivity index (χ2n) is 8.12. The van der Waals surface area contributed by atoms with Crippen molar-refractivity contribution in [2.24, 2.45) is 17.8 Å². The van der Waals surface area contributed by atoms with E-state index in [2.05, 4.69) is 9.24 Å². The van der Waals surface area contributed by atoms with Crippen molar-refractivity contribution in [3.8, 4) is 0 Å². The molecule has 124 valence electrons. The van der Waals surface area contributed by atoms with Crippen LogP contribution < -0.4 is 12.4 Å². The first-order valence-corrected chi connectivity index (χ1v) is 10.4. The molecule has 0 heterocycles. The quantitative estimate of drug-likeness (QED) is 0.698. The smallest absolute Gasteiger partial charge is 0.0815 e. The summed E-state index contributed by atoms with van der Waals surface area (Å²) in [5.74, 6) is 3.25. The SMILES string of the molecule is [Cl-].[PH3+]C(C1CCCCC1)(C1CCCCC1)C1CCCCC1. The molecule has 2 heteroatoms. The summed E-state index contributed by atoms with van der Waals surface area (Å²) in [4.78, 5) is 0. The molecule has 3 fully saturated rings. The van der Waals surface area contributed by atoms with E-state index in [-0.39, 0.29) is 12.4 Å².